The molecular weight excluding hydrogens is 278 g/mol. The number of fused-ring (bicyclic) bond motifs is 3. The first-order valence-corrected chi connectivity index (χ1v) is 7.04. The third-order valence-corrected chi connectivity index (χ3v) is 3.47. The van der Waals surface area contributed by atoms with Crippen molar-refractivity contribution in [1.82, 2.24) is 9.88 Å². The number of H-pyrrole nitrogens is 1. The molecule has 0 aliphatic rings. The van der Waals surface area contributed by atoms with E-state index in [-0.39, 0.29) is 11.5 Å². The van der Waals surface area contributed by atoms with Crippen LogP contribution in [0, 0.1) is 0 Å². The molecule has 112 valence electrons. The standard InChI is InChI=1S/C17H17N3O2/c1-20(2)10-16(21)18-11-7-8-13-12-5-3-4-6-14(12)17(22)19-15(13)9-11/h3-9H,10H2,1-2H3,(H,18,21)(H,19,22). The molecule has 2 aromatic carbocycles. The second kappa shape index (κ2) is 5.61. The van der Waals surface area contributed by atoms with E-state index in [1.54, 1.807) is 17.0 Å². The minimum atomic E-state index is -0.125. The molecule has 0 bridgehead atoms. The maximum atomic E-state index is 12.1. The van der Waals surface area contributed by atoms with Crippen LogP contribution in [0.1, 0.15) is 0 Å². The Hall–Kier alpha value is -2.66. The van der Waals surface area contributed by atoms with E-state index in [0.29, 0.717) is 23.1 Å². The highest BCUT2D eigenvalue weighted by atomic mass is 16.2. The number of likely N-dealkylation sites (N-methyl/N-ethyl adjacent to an activating group) is 1. The van der Waals surface area contributed by atoms with Gasteiger partial charge in [0.25, 0.3) is 5.56 Å². The van der Waals surface area contributed by atoms with Crippen LogP contribution in [-0.2, 0) is 4.79 Å². The summed E-state index contributed by atoms with van der Waals surface area (Å²) >= 11 is 0. The van der Waals surface area contributed by atoms with Gasteiger partial charge in [0.05, 0.1) is 12.1 Å². The lowest BCUT2D eigenvalue weighted by atomic mass is 10.1. The molecule has 0 saturated heterocycles. The topological polar surface area (TPSA) is 65.2 Å². The highest BCUT2D eigenvalue weighted by Crippen LogP contribution is 2.23. The van der Waals surface area contributed by atoms with Crippen LogP contribution in [-0.4, -0.2) is 36.4 Å². The quantitative estimate of drug-likeness (QED) is 0.728. The molecule has 3 aromatic rings. The molecule has 1 aromatic heterocycles. The Morgan fingerprint density at radius 1 is 1.09 bits per heavy atom. The molecule has 3 rings (SSSR count). The van der Waals surface area contributed by atoms with Gasteiger partial charge in [-0.25, -0.2) is 0 Å². The van der Waals surface area contributed by atoms with Gasteiger partial charge in [-0.1, -0.05) is 24.3 Å². The second-order valence-electron chi connectivity index (χ2n) is 5.55. The van der Waals surface area contributed by atoms with E-state index in [2.05, 4.69) is 10.3 Å². The lowest BCUT2D eigenvalue weighted by molar-refractivity contribution is -0.116. The Morgan fingerprint density at radius 2 is 1.82 bits per heavy atom. The van der Waals surface area contributed by atoms with E-state index in [1.165, 1.54) is 0 Å². The zero-order chi connectivity index (χ0) is 15.7. The van der Waals surface area contributed by atoms with Gasteiger partial charge in [0.1, 0.15) is 0 Å². The van der Waals surface area contributed by atoms with Crippen LogP contribution >= 0.6 is 0 Å². The summed E-state index contributed by atoms with van der Waals surface area (Å²) in [6.45, 7) is 0.312. The lowest BCUT2D eigenvalue weighted by Gasteiger charge is -2.11. The molecule has 0 spiro atoms. The Bertz CT molecular complexity index is 913. The molecule has 0 fully saturated rings. The predicted octanol–water partition coefficient (Wildman–Crippen LogP) is 2.18. The number of benzene rings is 2. The van der Waals surface area contributed by atoms with Crippen molar-refractivity contribution in [3.8, 4) is 0 Å². The number of nitrogens with one attached hydrogen (secondary N) is 2. The fourth-order valence-electron chi connectivity index (χ4n) is 2.55. The smallest absolute Gasteiger partial charge is 0.256 e. The van der Waals surface area contributed by atoms with E-state index in [1.807, 2.05) is 44.4 Å². The number of carbonyl (C=O) groups excluding carboxylic acids is 1. The summed E-state index contributed by atoms with van der Waals surface area (Å²) in [6.07, 6.45) is 0. The van der Waals surface area contributed by atoms with Crippen molar-refractivity contribution in [3.05, 3.63) is 52.8 Å². The summed E-state index contributed by atoms with van der Waals surface area (Å²) in [6, 6.07) is 13.0. The molecule has 1 amide bonds. The zero-order valence-corrected chi connectivity index (χ0v) is 12.5. The van der Waals surface area contributed by atoms with Crippen LogP contribution in [0.25, 0.3) is 21.7 Å². The molecule has 0 aliphatic heterocycles. The maximum absolute atomic E-state index is 12.1. The van der Waals surface area contributed by atoms with Gasteiger partial charge in [-0.15, -0.1) is 0 Å². The van der Waals surface area contributed by atoms with E-state index in [9.17, 15) is 9.59 Å². The van der Waals surface area contributed by atoms with Gasteiger partial charge >= 0.3 is 0 Å². The lowest BCUT2D eigenvalue weighted by Crippen LogP contribution is -2.27. The Kier molecular flexibility index (Phi) is 3.65. The molecule has 22 heavy (non-hydrogen) atoms. The average molecular weight is 295 g/mol. The number of pyridine rings is 1. The van der Waals surface area contributed by atoms with Crippen molar-refractivity contribution in [2.45, 2.75) is 0 Å². The fourth-order valence-corrected chi connectivity index (χ4v) is 2.55. The number of aromatic nitrogens is 1. The number of rotatable bonds is 3. The number of anilines is 1. The summed E-state index contributed by atoms with van der Waals surface area (Å²) in [5.41, 5.74) is 1.26. The van der Waals surface area contributed by atoms with Crippen LogP contribution in [0.3, 0.4) is 0 Å². The molecule has 0 aliphatic carbocycles. The van der Waals surface area contributed by atoms with E-state index >= 15 is 0 Å². The fraction of sp³-hybridized carbons (Fsp3) is 0.176. The molecule has 5 heteroatoms. The van der Waals surface area contributed by atoms with Gasteiger partial charge in [-0.3, -0.25) is 9.59 Å². The van der Waals surface area contributed by atoms with Crippen molar-refractivity contribution in [2.24, 2.45) is 0 Å². The first-order chi connectivity index (χ1) is 10.5. The predicted molar refractivity (Wildman–Crippen MR) is 89.3 cm³/mol. The maximum Gasteiger partial charge on any atom is 0.256 e. The number of aromatic amines is 1. The molecule has 5 nitrogen and oxygen atoms in total. The molecule has 2 N–H and O–H groups in total. The number of hydrogen-bond donors (Lipinski definition) is 2. The summed E-state index contributed by atoms with van der Waals surface area (Å²) in [4.78, 5) is 28.6. The van der Waals surface area contributed by atoms with Crippen molar-refractivity contribution >= 4 is 33.3 Å². The number of carbonyl (C=O) groups is 1. The van der Waals surface area contributed by atoms with E-state index in [0.717, 1.165) is 10.8 Å². The monoisotopic (exact) mass is 295 g/mol. The summed E-state index contributed by atoms with van der Waals surface area (Å²) in [5.74, 6) is -0.0903. The first kappa shape index (κ1) is 14.3. The molecule has 0 saturated carbocycles. The number of nitrogens with zero attached hydrogens (tertiary/aromatic N) is 1. The minimum Gasteiger partial charge on any atom is -0.325 e. The molecular formula is C17H17N3O2. The molecule has 0 radical (unpaired) electrons. The normalized spacial score (nSPS) is 11.2. The Labute approximate surface area is 127 Å². The third-order valence-electron chi connectivity index (χ3n) is 3.47. The van der Waals surface area contributed by atoms with Gasteiger partial charge in [-0.05, 0) is 37.7 Å². The SMILES string of the molecule is CN(C)CC(=O)Nc1ccc2c(c1)[nH]c(=O)c1ccccc12. The Morgan fingerprint density at radius 3 is 2.55 bits per heavy atom. The third kappa shape index (κ3) is 2.71. The van der Waals surface area contributed by atoms with Crippen molar-refractivity contribution < 1.29 is 4.79 Å². The largest absolute Gasteiger partial charge is 0.325 e. The molecule has 0 atom stereocenters. The number of amides is 1. The summed E-state index contributed by atoms with van der Waals surface area (Å²) < 4.78 is 0. The van der Waals surface area contributed by atoms with Crippen molar-refractivity contribution in [3.63, 3.8) is 0 Å². The second-order valence-corrected chi connectivity index (χ2v) is 5.55. The van der Waals surface area contributed by atoms with Gasteiger partial charge in [0, 0.05) is 16.5 Å². The van der Waals surface area contributed by atoms with Crippen LogP contribution in [0.4, 0.5) is 5.69 Å². The van der Waals surface area contributed by atoms with Crippen molar-refractivity contribution in [2.75, 3.05) is 26.0 Å². The van der Waals surface area contributed by atoms with Gasteiger partial charge < -0.3 is 15.2 Å². The van der Waals surface area contributed by atoms with E-state index < -0.39 is 0 Å². The minimum absolute atomic E-state index is 0.0903. The highest BCUT2D eigenvalue weighted by molar-refractivity contribution is 6.06. The summed E-state index contributed by atoms with van der Waals surface area (Å²) in [7, 11) is 3.67. The number of hydrogen-bond acceptors (Lipinski definition) is 3. The highest BCUT2D eigenvalue weighted by Gasteiger charge is 2.07. The summed E-state index contributed by atoms with van der Waals surface area (Å²) in [5, 5.41) is 5.37. The van der Waals surface area contributed by atoms with E-state index in [4.69, 9.17) is 0 Å². The first-order valence-electron chi connectivity index (χ1n) is 7.04. The zero-order valence-electron chi connectivity index (χ0n) is 12.5. The Balaban J connectivity index is 2.05. The molecule has 1 heterocycles. The van der Waals surface area contributed by atoms with Gasteiger partial charge in [-0.2, -0.15) is 0 Å². The molecule has 0 unspecified atom stereocenters. The van der Waals surface area contributed by atoms with Crippen LogP contribution in [0.5, 0.6) is 0 Å². The van der Waals surface area contributed by atoms with Gasteiger partial charge in [0.15, 0.2) is 0 Å². The van der Waals surface area contributed by atoms with Crippen LogP contribution in [0.2, 0.25) is 0 Å². The van der Waals surface area contributed by atoms with Crippen molar-refractivity contribution in [1.29, 1.82) is 0 Å². The van der Waals surface area contributed by atoms with Crippen LogP contribution in [0.15, 0.2) is 47.3 Å². The van der Waals surface area contributed by atoms with Crippen LogP contribution < -0.4 is 10.9 Å². The average Bonchev–Trinajstić information content (AvgIpc) is 2.46. The van der Waals surface area contributed by atoms with Gasteiger partial charge in [0.2, 0.25) is 5.91 Å².